The summed E-state index contributed by atoms with van der Waals surface area (Å²) in [7, 11) is 0. The summed E-state index contributed by atoms with van der Waals surface area (Å²) in [6.07, 6.45) is 0. The highest BCUT2D eigenvalue weighted by Crippen LogP contribution is 2.26. The number of aromatic nitrogens is 2. The minimum absolute atomic E-state index is 0.294. The van der Waals surface area contributed by atoms with Crippen LogP contribution in [-0.4, -0.2) is 9.78 Å². The van der Waals surface area contributed by atoms with Gasteiger partial charge in [0, 0.05) is 0 Å². The van der Waals surface area contributed by atoms with Crippen molar-refractivity contribution >= 4 is 0 Å². The minimum Gasteiger partial charge on any atom is -0.487 e. The summed E-state index contributed by atoms with van der Waals surface area (Å²) >= 11 is 0. The van der Waals surface area contributed by atoms with E-state index >= 15 is 0 Å². The van der Waals surface area contributed by atoms with Gasteiger partial charge < -0.3 is 4.74 Å². The average Bonchev–Trinajstić information content (AvgIpc) is 2.95. The second-order valence-electron chi connectivity index (χ2n) is 6.19. The Morgan fingerprint density at radius 2 is 1.72 bits per heavy atom. The Bertz CT molecular complexity index is 950. The van der Waals surface area contributed by atoms with E-state index in [1.54, 1.807) is 4.68 Å². The summed E-state index contributed by atoms with van der Waals surface area (Å²) < 4.78 is 7.86. The van der Waals surface area contributed by atoms with Gasteiger partial charge >= 0.3 is 0 Å². The molecule has 3 rings (SSSR count). The maximum Gasteiger partial charge on any atom is 0.132 e. The third-order valence-electron chi connectivity index (χ3n) is 4.64. The maximum absolute atomic E-state index is 9.53. The molecule has 1 aromatic heterocycles. The summed E-state index contributed by atoms with van der Waals surface area (Å²) in [5.74, 6) is 0.838. The van der Waals surface area contributed by atoms with Crippen LogP contribution in [0.1, 0.15) is 33.6 Å². The van der Waals surface area contributed by atoms with Gasteiger partial charge in [0.2, 0.25) is 0 Å². The fourth-order valence-electron chi connectivity index (χ4n) is 2.87. The molecule has 0 N–H and O–H groups in total. The van der Waals surface area contributed by atoms with Gasteiger partial charge in [-0.15, -0.1) is 0 Å². The van der Waals surface area contributed by atoms with Crippen LogP contribution in [0.4, 0.5) is 0 Å². The van der Waals surface area contributed by atoms with Gasteiger partial charge in [-0.2, -0.15) is 10.4 Å². The predicted octanol–water partition coefficient (Wildman–Crippen LogP) is 4.56. The van der Waals surface area contributed by atoms with E-state index in [9.17, 15) is 5.26 Å². The lowest BCUT2D eigenvalue weighted by molar-refractivity contribution is 0.295. The van der Waals surface area contributed by atoms with E-state index in [0.29, 0.717) is 17.9 Å². The van der Waals surface area contributed by atoms with Crippen LogP contribution in [0, 0.1) is 39.0 Å². The van der Waals surface area contributed by atoms with Gasteiger partial charge in [-0.25, -0.2) is 4.68 Å². The van der Waals surface area contributed by atoms with Gasteiger partial charge in [0.1, 0.15) is 24.0 Å². The number of nitrogens with zero attached hydrogens (tertiary/aromatic N) is 3. The largest absolute Gasteiger partial charge is 0.487 e. The molecule has 0 fully saturated rings. The summed E-state index contributed by atoms with van der Waals surface area (Å²) in [5.41, 5.74) is 6.57. The molecule has 0 atom stereocenters. The van der Waals surface area contributed by atoms with E-state index in [1.165, 1.54) is 11.1 Å². The molecule has 2 aromatic carbocycles. The first-order valence-corrected chi connectivity index (χ1v) is 8.26. The molecule has 0 saturated carbocycles. The first kappa shape index (κ1) is 16.8. The lowest BCUT2D eigenvalue weighted by atomic mass is 10.0. The van der Waals surface area contributed by atoms with E-state index in [2.05, 4.69) is 38.0 Å². The van der Waals surface area contributed by atoms with Crippen LogP contribution in [0.5, 0.6) is 5.75 Å². The Morgan fingerprint density at radius 3 is 2.40 bits per heavy atom. The molecule has 3 aromatic rings. The summed E-state index contributed by atoms with van der Waals surface area (Å²) in [5, 5.41) is 14.1. The third kappa shape index (κ3) is 3.14. The van der Waals surface area contributed by atoms with Crippen LogP contribution in [0.25, 0.3) is 5.69 Å². The Kier molecular flexibility index (Phi) is 4.58. The van der Waals surface area contributed by atoms with Crippen molar-refractivity contribution in [3.8, 4) is 17.5 Å². The molecule has 4 nitrogen and oxygen atoms in total. The van der Waals surface area contributed by atoms with E-state index in [-0.39, 0.29) is 0 Å². The highest BCUT2D eigenvalue weighted by atomic mass is 16.5. The normalized spacial score (nSPS) is 10.5. The summed E-state index contributed by atoms with van der Waals surface area (Å²) in [4.78, 5) is 0. The molecule has 4 heteroatoms. The molecule has 0 unspecified atom stereocenters. The van der Waals surface area contributed by atoms with Crippen molar-refractivity contribution in [2.24, 2.45) is 0 Å². The van der Waals surface area contributed by atoms with E-state index in [0.717, 1.165) is 22.7 Å². The Balaban J connectivity index is 1.98. The minimum atomic E-state index is 0.294. The van der Waals surface area contributed by atoms with Crippen LogP contribution in [0.3, 0.4) is 0 Å². The monoisotopic (exact) mass is 331 g/mol. The zero-order valence-corrected chi connectivity index (χ0v) is 15.0. The fourth-order valence-corrected chi connectivity index (χ4v) is 2.87. The molecule has 0 amide bonds. The molecule has 25 heavy (non-hydrogen) atoms. The zero-order chi connectivity index (χ0) is 18.0. The lowest BCUT2D eigenvalue weighted by Gasteiger charge is -2.14. The summed E-state index contributed by atoms with van der Waals surface area (Å²) in [6.45, 7) is 8.39. The molecule has 0 spiro atoms. The molecule has 0 saturated heterocycles. The van der Waals surface area contributed by atoms with Crippen molar-refractivity contribution in [2.75, 3.05) is 0 Å². The maximum atomic E-state index is 9.53. The van der Waals surface area contributed by atoms with Crippen molar-refractivity contribution in [2.45, 2.75) is 34.3 Å². The molecule has 126 valence electrons. The fraction of sp³-hybridized carbons (Fsp3) is 0.238. The van der Waals surface area contributed by atoms with Crippen LogP contribution in [0.15, 0.2) is 42.5 Å². The Morgan fingerprint density at radius 1 is 1.00 bits per heavy atom. The van der Waals surface area contributed by atoms with Crippen molar-refractivity contribution in [3.63, 3.8) is 0 Å². The second-order valence-corrected chi connectivity index (χ2v) is 6.19. The topological polar surface area (TPSA) is 50.8 Å². The van der Waals surface area contributed by atoms with Crippen LogP contribution >= 0.6 is 0 Å². The van der Waals surface area contributed by atoms with Gasteiger partial charge in [0.25, 0.3) is 0 Å². The van der Waals surface area contributed by atoms with Gasteiger partial charge in [-0.05, 0) is 62.6 Å². The van der Waals surface area contributed by atoms with Gasteiger partial charge in [-0.3, -0.25) is 0 Å². The van der Waals surface area contributed by atoms with E-state index < -0.39 is 0 Å². The average molecular weight is 331 g/mol. The number of hydrogen-bond acceptors (Lipinski definition) is 3. The van der Waals surface area contributed by atoms with E-state index in [1.807, 2.05) is 43.3 Å². The van der Waals surface area contributed by atoms with E-state index in [4.69, 9.17) is 4.74 Å². The summed E-state index contributed by atoms with van der Waals surface area (Å²) in [6, 6.07) is 16.1. The standard InChI is InChI=1S/C21H21N3O/c1-14-10-11-21(16(3)15(14)2)25-13-20-19(12-22)17(4)23-24(20)18-8-6-5-7-9-18/h5-11H,13H2,1-4H3. The molecule has 0 radical (unpaired) electrons. The van der Waals surface area contributed by atoms with Gasteiger partial charge in [0.05, 0.1) is 17.1 Å². The quantitative estimate of drug-likeness (QED) is 0.704. The number of ether oxygens (including phenoxy) is 1. The number of aryl methyl sites for hydroxylation is 2. The predicted molar refractivity (Wildman–Crippen MR) is 98.0 cm³/mol. The molecule has 0 aliphatic carbocycles. The van der Waals surface area contributed by atoms with Crippen LogP contribution in [0.2, 0.25) is 0 Å². The molecule has 1 heterocycles. The van der Waals surface area contributed by atoms with Crippen molar-refractivity contribution in [1.82, 2.24) is 9.78 Å². The first-order valence-electron chi connectivity index (χ1n) is 8.26. The SMILES string of the molecule is Cc1ccc(OCc2c(C#N)c(C)nn2-c2ccccc2)c(C)c1C. The van der Waals surface area contributed by atoms with Crippen LogP contribution in [-0.2, 0) is 6.61 Å². The molecule has 0 aliphatic heterocycles. The van der Waals surface area contributed by atoms with Gasteiger partial charge in [0.15, 0.2) is 0 Å². The second kappa shape index (κ2) is 6.82. The number of nitriles is 1. The van der Waals surface area contributed by atoms with Crippen molar-refractivity contribution < 1.29 is 4.74 Å². The molecule has 0 bridgehead atoms. The highest BCUT2D eigenvalue weighted by molar-refractivity contribution is 5.45. The lowest BCUT2D eigenvalue weighted by Crippen LogP contribution is -2.07. The number of para-hydroxylation sites is 1. The number of rotatable bonds is 4. The molecular weight excluding hydrogens is 310 g/mol. The number of hydrogen-bond donors (Lipinski definition) is 0. The van der Waals surface area contributed by atoms with Crippen molar-refractivity contribution in [3.05, 3.63) is 76.1 Å². The van der Waals surface area contributed by atoms with Gasteiger partial charge in [-0.1, -0.05) is 24.3 Å². The highest BCUT2D eigenvalue weighted by Gasteiger charge is 2.17. The van der Waals surface area contributed by atoms with Crippen LogP contribution < -0.4 is 4.74 Å². The smallest absolute Gasteiger partial charge is 0.132 e. The zero-order valence-electron chi connectivity index (χ0n) is 15.0. The molecule has 0 aliphatic rings. The van der Waals surface area contributed by atoms with Crippen molar-refractivity contribution in [1.29, 1.82) is 5.26 Å². The Hall–Kier alpha value is -3.06. The Labute approximate surface area is 148 Å². The first-order chi connectivity index (χ1) is 12.0. The number of benzene rings is 2. The molecular formula is C21H21N3O. The third-order valence-corrected chi connectivity index (χ3v) is 4.64.